The van der Waals surface area contributed by atoms with Gasteiger partial charge in [-0.25, -0.2) is 4.68 Å². The summed E-state index contributed by atoms with van der Waals surface area (Å²) in [5, 5.41) is 20.9. The minimum Gasteiger partial charge on any atom is -0.390 e. The Kier molecular flexibility index (Phi) is 2.43. The Hall–Kier alpha value is -1.46. The van der Waals surface area contributed by atoms with Crippen molar-refractivity contribution in [2.45, 2.75) is 6.61 Å². The van der Waals surface area contributed by atoms with Crippen LogP contribution in [-0.4, -0.2) is 25.1 Å². The van der Waals surface area contributed by atoms with Crippen LogP contribution in [0.1, 0.15) is 5.69 Å². The van der Waals surface area contributed by atoms with Crippen molar-refractivity contribution >= 4 is 11.6 Å². The van der Waals surface area contributed by atoms with E-state index >= 15 is 0 Å². The van der Waals surface area contributed by atoms with E-state index in [1.807, 2.05) is 0 Å². The summed E-state index contributed by atoms with van der Waals surface area (Å²) in [5.74, 6) is 0.564. The molecule has 14 heavy (non-hydrogen) atoms. The van der Waals surface area contributed by atoms with E-state index in [9.17, 15) is 0 Å². The van der Waals surface area contributed by atoms with Crippen LogP contribution in [-0.2, 0) is 6.61 Å². The van der Waals surface area contributed by atoms with Gasteiger partial charge in [0.05, 0.1) is 29.7 Å². The largest absolute Gasteiger partial charge is 0.390 e. The van der Waals surface area contributed by atoms with Crippen molar-refractivity contribution in [3.8, 4) is 5.82 Å². The molecule has 0 aliphatic rings. The Morgan fingerprint density at radius 2 is 2.21 bits per heavy atom. The van der Waals surface area contributed by atoms with Gasteiger partial charge in [-0.05, 0) is 12.1 Å². The zero-order valence-electron chi connectivity index (χ0n) is 7.13. The maximum absolute atomic E-state index is 8.76. The van der Waals surface area contributed by atoms with Crippen LogP contribution in [0.25, 0.3) is 5.82 Å². The average Bonchev–Trinajstić information content (AvgIpc) is 2.65. The lowest BCUT2D eigenvalue weighted by Crippen LogP contribution is -2.01. The molecular formula is C8H7ClN4O. The summed E-state index contributed by atoms with van der Waals surface area (Å²) in [5.41, 5.74) is 0.520. The van der Waals surface area contributed by atoms with Gasteiger partial charge in [0, 0.05) is 0 Å². The molecule has 0 aliphatic carbocycles. The highest BCUT2D eigenvalue weighted by atomic mass is 35.5. The predicted octanol–water partition coefficient (Wildman–Crippen LogP) is 0.808. The smallest absolute Gasteiger partial charge is 0.175 e. The number of hydrogen-bond acceptors (Lipinski definition) is 4. The van der Waals surface area contributed by atoms with Crippen LogP contribution in [0.15, 0.2) is 24.5 Å². The molecule has 2 aromatic heterocycles. The van der Waals surface area contributed by atoms with Gasteiger partial charge in [-0.3, -0.25) is 0 Å². The highest BCUT2D eigenvalue weighted by molar-refractivity contribution is 6.30. The van der Waals surface area contributed by atoms with Crippen molar-refractivity contribution in [2.24, 2.45) is 0 Å². The molecule has 1 N–H and O–H groups in total. The van der Waals surface area contributed by atoms with E-state index in [-0.39, 0.29) is 6.61 Å². The lowest BCUT2D eigenvalue weighted by atomic mass is 10.4. The maximum Gasteiger partial charge on any atom is 0.175 e. The molecule has 0 bridgehead atoms. The number of nitrogens with zero attached hydrogens (tertiary/aromatic N) is 4. The number of hydrogen-bond donors (Lipinski definition) is 1. The third-order valence-electron chi connectivity index (χ3n) is 1.65. The minimum atomic E-state index is -0.118. The first kappa shape index (κ1) is 9.11. The molecule has 0 unspecified atom stereocenters. The summed E-state index contributed by atoms with van der Waals surface area (Å²) in [7, 11) is 0. The fourth-order valence-corrected chi connectivity index (χ4v) is 1.12. The molecule has 6 heteroatoms. The van der Waals surface area contributed by atoms with Crippen molar-refractivity contribution in [1.82, 2.24) is 20.0 Å². The van der Waals surface area contributed by atoms with Gasteiger partial charge < -0.3 is 5.11 Å². The summed E-state index contributed by atoms with van der Waals surface area (Å²) in [6.07, 6.45) is 3.15. The molecule has 0 radical (unpaired) electrons. The second-order valence-corrected chi connectivity index (χ2v) is 3.08. The van der Waals surface area contributed by atoms with Crippen LogP contribution in [0.5, 0.6) is 0 Å². The maximum atomic E-state index is 8.76. The van der Waals surface area contributed by atoms with Crippen LogP contribution in [0.4, 0.5) is 0 Å². The summed E-state index contributed by atoms with van der Waals surface area (Å²) >= 11 is 5.70. The van der Waals surface area contributed by atoms with Crippen LogP contribution in [0.2, 0.25) is 5.02 Å². The summed E-state index contributed by atoms with van der Waals surface area (Å²) in [6.45, 7) is -0.118. The van der Waals surface area contributed by atoms with Crippen molar-refractivity contribution in [1.29, 1.82) is 0 Å². The normalized spacial score (nSPS) is 10.4. The molecule has 72 valence electrons. The monoisotopic (exact) mass is 210 g/mol. The highest BCUT2D eigenvalue weighted by Gasteiger charge is 2.01. The topological polar surface area (TPSA) is 63.8 Å². The van der Waals surface area contributed by atoms with Crippen molar-refractivity contribution in [3.63, 3.8) is 0 Å². The van der Waals surface area contributed by atoms with Gasteiger partial charge in [0.25, 0.3) is 0 Å². The molecule has 0 saturated carbocycles. The fraction of sp³-hybridized carbons (Fsp3) is 0.125. The van der Waals surface area contributed by atoms with Crippen LogP contribution >= 0.6 is 11.6 Å². The van der Waals surface area contributed by atoms with Gasteiger partial charge in [-0.1, -0.05) is 11.6 Å². The molecule has 2 aromatic rings. The Balaban J connectivity index is 2.33. The molecule has 0 fully saturated rings. The van der Waals surface area contributed by atoms with E-state index in [4.69, 9.17) is 16.7 Å². The third-order valence-corrected chi connectivity index (χ3v) is 1.85. The predicted molar refractivity (Wildman–Crippen MR) is 50.1 cm³/mol. The molecule has 2 rings (SSSR count). The van der Waals surface area contributed by atoms with E-state index in [1.165, 1.54) is 10.9 Å². The lowest BCUT2D eigenvalue weighted by Gasteiger charge is -1.98. The Morgan fingerprint density at radius 3 is 2.71 bits per heavy atom. The first-order valence-electron chi connectivity index (χ1n) is 3.93. The highest BCUT2D eigenvalue weighted by Crippen LogP contribution is 2.09. The van der Waals surface area contributed by atoms with Crippen LogP contribution < -0.4 is 0 Å². The zero-order chi connectivity index (χ0) is 9.97. The molecule has 0 spiro atoms. The average molecular weight is 211 g/mol. The molecule has 5 nitrogen and oxygen atoms in total. The van der Waals surface area contributed by atoms with Gasteiger partial charge in [0.2, 0.25) is 0 Å². The SMILES string of the molecule is OCc1ccc(-n2cc(Cl)cn2)nn1. The molecule has 0 atom stereocenters. The number of aliphatic hydroxyl groups excluding tert-OH is 1. The minimum absolute atomic E-state index is 0.118. The number of aromatic nitrogens is 4. The van der Waals surface area contributed by atoms with E-state index in [2.05, 4.69) is 15.3 Å². The fourth-order valence-electron chi connectivity index (χ4n) is 0.985. The Bertz CT molecular complexity index is 425. The van der Waals surface area contributed by atoms with Gasteiger partial charge in [-0.15, -0.1) is 5.10 Å². The van der Waals surface area contributed by atoms with E-state index in [0.29, 0.717) is 16.5 Å². The molecule has 0 aliphatic heterocycles. The van der Waals surface area contributed by atoms with Crippen molar-refractivity contribution in [2.75, 3.05) is 0 Å². The van der Waals surface area contributed by atoms with Gasteiger partial charge in [0.15, 0.2) is 5.82 Å². The second-order valence-electron chi connectivity index (χ2n) is 2.64. The van der Waals surface area contributed by atoms with E-state index < -0.39 is 0 Å². The van der Waals surface area contributed by atoms with Gasteiger partial charge in [-0.2, -0.15) is 10.2 Å². The second kappa shape index (κ2) is 3.73. The van der Waals surface area contributed by atoms with Crippen LogP contribution in [0.3, 0.4) is 0 Å². The van der Waals surface area contributed by atoms with Crippen molar-refractivity contribution in [3.05, 3.63) is 35.2 Å². The quantitative estimate of drug-likeness (QED) is 0.797. The molecular weight excluding hydrogens is 204 g/mol. The molecule has 0 saturated heterocycles. The first-order chi connectivity index (χ1) is 6.79. The van der Waals surface area contributed by atoms with Crippen molar-refractivity contribution < 1.29 is 5.11 Å². The van der Waals surface area contributed by atoms with E-state index in [1.54, 1.807) is 18.3 Å². The Labute approximate surface area is 85.0 Å². The van der Waals surface area contributed by atoms with Gasteiger partial charge >= 0.3 is 0 Å². The first-order valence-corrected chi connectivity index (χ1v) is 4.31. The number of halogens is 1. The van der Waals surface area contributed by atoms with Crippen LogP contribution in [0, 0.1) is 0 Å². The van der Waals surface area contributed by atoms with E-state index in [0.717, 1.165) is 0 Å². The summed E-state index contributed by atoms with van der Waals surface area (Å²) in [6, 6.07) is 3.39. The summed E-state index contributed by atoms with van der Waals surface area (Å²) in [4.78, 5) is 0. The Morgan fingerprint density at radius 1 is 1.36 bits per heavy atom. The standard InChI is InChI=1S/C8H7ClN4O/c9-6-3-10-13(4-6)8-2-1-7(5-14)11-12-8/h1-4,14H,5H2. The molecule has 0 amide bonds. The van der Waals surface area contributed by atoms with Gasteiger partial charge in [0.1, 0.15) is 0 Å². The number of aliphatic hydroxyl groups is 1. The third kappa shape index (κ3) is 1.73. The zero-order valence-corrected chi connectivity index (χ0v) is 7.89. The number of rotatable bonds is 2. The summed E-state index contributed by atoms with van der Waals surface area (Å²) < 4.78 is 1.51. The molecule has 0 aromatic carbocycles. The molecule has 2 heterocycles. The lowest BCUT2D eigenvalue weighted by molar-refractivity contribution is 0.275.